The molecule has 3 rings (SSSR count). The van der Waals surface area contributed by atoms with E-state index in [2.05, 4.69) is 0 Å². The maximum Gasteiger partial charge on any atom is 0.289 e. The number of benzene rings is 1. The minimum Gasteiger partial charge on any atom is -0.451 e. The van der Waals surface area contributed by atoms with Gasteiger partial charge in [-0.3, -0.25) is 4.79 Å². The molecule has 1 fully saturated rings. The smallest absolute Gasteiger partial charge is 0.289 e. The van der Waals surface area contributed by atoms with Gasteiger partial charge in [0.2, 0.25) is 0 Å². The summed E-state index contributed by atoms with van der Waals surface area (Å²) in [5, 5.41) is 0.958. The molecule has 1 aromatic carbocycles. The van der Waals surface area contributed by atoms with E-state index in [0.29, 0.717) is 12.3 Å². The molecule has 0 saturated carbocycles. The molecule has 2 N–H and O–H groups in total. The lowest BCUT2D eigenvalue weighted by Gasteiger charge is -2.13. The number of rotatable bonds is 1. The molecule has 0 radical (unpaired) electrons. The number of likely N-dealkylation sites (tertiary alicyclic amines) is 1. The average molecular weight is 267 g/mol. The molecule has 1 aromatic heterocycles. The largest absolute Gasteiger partial charge is 0.451 e. The van der Waals surface area contributed by atoms with Crippen molar-refractivity contribution in [1.29, 1.82) is 0 Å². The summed E-state index contributed by atoms with van der Waals surface area (Å²) in [7, 11) is 0. The highest BCUT2D eigenvalue weighted by atomic mass is 35.5. The molecular weight excluding hydrogens is 252 g/mol. The fourth-order valence-corrected chi connectivity index (χ4v) is 2.21. The average Bonchev–Trinajstić information content (AvgIpc) is 2.93. The minimum absolute atomic E-state index is 0. The minimum atomic E-state index is -0.0610. The molecule has 4 nitrogen and oxygen atoms in total. The van der Waals surface area contributed by atoms with Gasteiger partial charge in [-0.2, -0.15) is 0 Å². The molecule has 2 aromatic rings. The van der Waals surface area contributed by atoms with Crippen LogP contribution in [0.4, 0.5) is 0 Å². The van der Waals surface area contributed by atoms with Crippen LogP contribution in [-0.2, 0) is 0 Å². The van der Waals surface area contributed by atoms with Crippen molar-refractivity contribution in [2.75, 3.05) is 13.1 Å². The van der Waals surface area contributed by atoms with Crippen LogP contribution in [-0.4, -0.2) is 29.9 Å². The highest BCUT2D eigenvalue weighted by Gasteiger charge is 2.26. The molecule has 1 amide bonds. The van der Waals surface area contributed by atoms with E-state index in [-0.39, 0.29) is 24.4 Å². The van der Waals surface area contributed by atoms with Crippen LogP contribution in [0.3, 0.4) is 0 Å². The van der Waals surface area contributed by atoms with Gasteiger partial charge in [0.05, 0.1) is 0 Å². The van der Waals surface area contributed by atoms with Crippen LogP contribution in [0.25, 0.3) is 11.0 Å². The zero-order valence-electron chi connectivity index (χ0n) is 9.83. The molecule has 1 saturated heterocycles. The first-order valence-electron chi connectivity index (χ1n) is 5.77. The van der Waals surface area contributed by atoms with Crippen molar-refractivity contribution in [2.45, 2.75) is 12.5 Å². The predicted molar refractivity (Wildman–Crippen MR) is 72.0 cm³/mol. The number of nitrogens with zero attached hydrogens (tertiary/aromatic N) is 1. The first-order chi connectivity index (χ1) is 8.24. The van der Waals surface area contributed by atoms with E-state index in [4.69, 9.17) is 10.2 Å². The van der Waals surface area contributed by atoms with Gasteiger partial charge >= 0.3 is 0 Å². The van der Waals surface area contributed by atoms with Crippen molar-refractivity contribution in [3.8, 4) is 0 Å². The second-order valence-electron chi connectivity index (χ2n) is 4.45. The first kappa shape index (κ1) is 12.9. The van der Waals surface area contributed by atoms with E-state index in [1.165, 1.54) is 0 Å². The Morgan fingerprint density at radius 3 is 2.83 bits per heavy atom. The van der Waals surface area contributed by atoms with E-state index in [0.717, 1.165) is 23.9 Å². The van der Waals surface area contributed by atoms with Crippen LogP contribution in [0, 0.1) is 0 Å². The second-order valence-corrected chi connectivity index (χ2v) is 4.45. The second kappa shape index (κ2) is 5.00. The number of para-hydroxylation sites is 1. The van der Waals surface area contributed by atoms with Crippen molar-refractivity contribution < 1.29 is 9.21 Å². The quantitative estimate of drug-likeness (QED) is 0.859. The van der Waals surface area contributed by atoms with Gasteiger partial charge in [-0.15, -0.1) is 12.4 Å². The highest BCUT2D eigenvalue weighted by Crippen LogP contribution is 2.21. The normalized spacial score (nSPS) is 18.9. The first-order valence-corrected chi connectivity index (χ1v) is 5.77. The molecule has 96 valence electrons. The third-order valence-electron chi connectivity index (χ3n) is 3.15. The number of carbonyl (C=O) groups excluding carboxylic acids is 1. The fraction of sp³-hybridized carbons (Fsp3) is 0.308. The number of halogens is 1. The van der Waals surface area contributed by atoms with Crippen molar-refractivity contribution in [1.82, 2.24) is 4.90 Å². The lowest BCUT2D eigenvalue weighted by molar-refractivity contribution is 0.0761. The van der Waals surface area contributed by atoms with Crippen LogP contribution in [0.15, 0.2) is 34.7 Å². The molecule has 1 atom stereocenters. The lowest BCUT2D eigenvalue weighted by atomic mass is 10.2. The number of fused-ring (bicyclic) bond motifs is 1. The predicted octanol–water partition coefficient (Wildman–Crippen LogP) is 2.03. The summed E-state index contributed by atoms with van der Waals surface area (Å²) in [6.45, 7) is 1.34. The van der Waals surface area contributed by atoms with Gasteiger partial charge in [0.1, 0.15) is 5.58 Å². The summed E-state index contributed by atoms with van der Waals surface area (Å²) < 4.78 is 5.55. The summed E-state index contributed by atoms with van der Waals surface area (Å²) in [5.74, 6) is 0.342. The number of hydrogen-bond acceptors (Lipinski definition) is 3. The van der Waals surface area contributed by atoms with Crippen molar-refractivity contribution in [3.63, 3.8) is 0 Å². The Balaban J connectivity index is 0.00000120. The molecule has 18 heavy (non-hydrogen) atoms. The summed E-state index contributed by atoms with van der Waals surface area (Å²) >= 11 is 0. The van der Waals surface area contributed by atoms with E-state index in [1.807, 2.05) is 24.3 Å². The molecule has 1 unspecified atom stereocenters. The standard InChI is InChI=1S/C13H14N2O2.ClH/c14-10-5-6-15(8-10)13(16)12-7-9-3-1-2-4-11(9)17-12;/h1-4,7,10H,5-6,8,14H2;1H. The Kier molecular flexibility index (Phi) is 3.59. The van der Waals surface area contributed by atoms with E-state index >= 15 is 0 Å². The number of amides is 1. The third kappa shape index (κ3) is 2.21. The Labute approximate surface area is 111 Å². The summed E-state index contributed by atoms with van der Waals surface area (Å²) in [6.07, 6.45) is 0.867. The van der Waals surface area contributed by atoms with Crippen molar-refractivity contribution >= 4 is 29.3 Å². The zero-order valence-corrected chi connectivity index (χ0v) is 10.7. The monoisotopic (exact) mass is 266 g/mol. The van der Waals surface area contributed by atoms with E-state index < -0.39 is 0 Å². The van der Waals surface area contributed by atoms with Crippen LogP contribution >= 0.6 is 12.4 Å². The molecule has 1 aliphatic rings. The number of furan rings is 1. The Bertz CT molecular complexity index is 534. The molecular formula is C13H15ClN2O2. The summed E-state index contributed by atoms with van der Waals surface area (Å²) in [4.78, 5) is 13.9. The van der Waals surface area contributed by atoms with Gasteiger partial charge in [-0.05, 0) is 18.6 Å². The van der Waals surface area contributed by atoms with Crippen LogP contribution in [0.2, 0.25) is 0 Å². The van der Waals surface area contributed by atoms with E-state index in [9.17, 15) is 4.79 Å². The van der Waals surface area contributed by atoms with Crippen LogP contribution in [0.1, 0.15) is 17.0 Å². The van der Waals surface area contributed by atoms with Gasteiger partial charge in [0.25, 0.3) is 5.91 Å². The van der Waals surface area contributed by atoms with Gasteiger partial charge in [-0.25, -0.2) is 0 Å². The molecule has 0 aliphatic carbocycles. The molecule has 5 heteroatoms. The number of nitrogens with two attached hydrogens (primary N) is 1. The molecule has 0 bridgehead atoms. The van der Waals surface area contributed by atoms with Gasteiger partial charge < -0.3 is 15.1 Å². The Morgan fingerprint density at radius 2 is 2.17 bits per heavy atom. The Morgan fingerprint density at radius 1 is 1.39 bits per heavy atom. The maximum absolute atomic E-state index is 12.1. The van der Waals surface area contributed by atoms with Crippen LogP contribution in [0.5, 0.6) is 0 Å². The maximum atomic E-state index is 12.1. The van der Waals surface area contributed by atoms with Crippen molar-refractivity contribution in [2.24, 2.45) is 5.73 Å². The topological polar surface area (TPSA) is 59.5 Å². The molecule has 1 aliphatic heterocycles. The zero-order chi connectivity index (χ0) is 11.8. The van der Waals surface area contributed by atoms with Gasteiger partial charge in [-0.1, -0.05) is 18.2 Å². The fourth-order valence-electron chi connectivity index (χ4n) is 2.21. The highest BCUT2D eigenvalue weighted by molar-refractivity contribution is 5.96. The molecule has 2 heterocycles. The van der Waals surface area contributed by atoms with E-state index in [1.54, 1.807) is 11.0 Å². The number of hydrogen-bond donors (Lipinski definition) is 1. The SMILES string of the molecule is Cl.NC1CCN(C(=O)c2cc3ccccc3o2)C1. The number of carbonyl (C=O) groups is 1. The summed E-state index contributed by atoms with van der Waals surface area (Å²) in [6, 6.07) is 9.52. The van der Waals surface area contributed by atoms with Gasteiger partial charge in [0, 0.05) is 24.5 Å². The lowest BCUT2D eigenvalue weighted by Crippen LogP contribution is -2.31. The molecule has 0 spiro atoms. The van der Waals surface area contributed by atoms with Crippen LogP contribution < -0.4 is 5.73 Å². The third-order valence-corrected chi connectivity index (χ3v) is 3.15. The van der Waals surface area contributed by atoms with Gasteiger partial charge in [0.15, 0.2) is 5.76 Å². The Hall–Kier alpha value is -1.52. The summed E-state index contributed by atoms with van der Waals surface area (Å²) in [5.41, 5.74) is 6.54. The van der Waals surface area contributed by atoms with Crippen molar-refractivity contribution in [3.05, 3.63) is 36.1 Å².